The van der Waals surface area contributed by atoms with E-state index in [1.807, 2.05) is 44.2 Å². The molecule has 0 amide bonds. The first-order valence-electron chi connectivity index (χ1n) is 9.72. The van der Waals surface area contributed by atoms with Crippen molar-refractivity contribution in [2.45, 2.75) is 20.0 Å². The van der Waals surface area contributed by atoms with E-state index in [2.05, 4.69) is 5.10 Å². The van der Waals surface area contributed by atoms with Crippen LogP contribution in [0.1, 0.15) is 29.1 Å². The largest absolute Gasteiger partial charge is 0.418 e. The highest BCUT2D eigenvalue weighted by molar-refractivity contribution is 7.17. The van der Waals surface area contributed by atoms with E-state index in [-0.39, 0.29) is 17.4 Å². The molecular weight excluding hydrogens is 421 g/mol. The van der Waals surface area contributed by atoms with Gasteiger partial charge >= 0.3 is 6.18 Å². The van der Waals surface area contributed by atoms with Crippen LogP contribution < -0.4 is 0 Å². The fourth-order valence-corrected chi connectivity index (χ4v) is 4.38. The molecule has 0 bridgehead atoms. The second-order valence-electron chi connectivity index (χ2n) is 7.39. The highest BCUT2D eigenvalue weighted by Gasteiger charge is 2.34. The number of alkyl halides is 3. The van der Waals surface area contributed by atoms with Gasteiger partial charge in [0.1, 0.15) is 0 Å². The number of para-hydroxylation sites is 1. The number of hydrogen-bond acceptors (Lipinski definition) is 3. The van der Waals surface area contributed by atoms with Crippen LogP contribution >= 0.6 is 11.3 Å². The number of benzene rings is 2. The van der Waals surface area contributed by atoms with Gasteiger partial charge in [0, 0.05) is 11.5 Å². The van der Waals surface area contributed by atoms with Crippen LogP contribution in [0.3, 0.4) is 0 Å². The van der Waals surface area contributed by atoms with Gasteiger partial charge in [-0.15, -0.1) is 11.3 Å². The molecule has 0 fully saturated rings. The smallest absolute Gasteiger partial charge is 0.293 e. The van der Waals surface area contributed by atoms with Crippen LogP contribution in [-0.4, -0.2) is 15.6 Å². The summed E-state index contributed by atoms with van der Waals surface area (Å²) in [6.07, 6.45) is -4.53. The molecule has 0 radical (unpaired) electrons. The molecule has 3 nitrogen and oxygen atoms in total. The van der Waals surface area contributed by atoms with Crippen molar-refractivity contribution in [3.8, 4) is 27.5 Å². The first-order valence-corrected chi connectivity index (χ1v) is 10.5. The first kappa shape index (κ1) is 21.1. The lowest BCUT2D eigenvalue weighted by molar-refractivity contribution is -0.137. The molecule has 2 aromatic carbocycles. The third-order valence-corrected chi connectivity index (χ3v) is 5.96. The Morgan fingerprint density at radius 3 is 2.32 bits per heavy atom. The Bertz CT molecular complexity index is 1220. The number of nitrogens with zero attached hydrogens (tertiary/aromatic N) is 2. The van der Waals surface area contributed by atoms with E-state index in [0.29, 0.717) is 21.1 Å². The highest BCUT2D eigenvalue weighted by Crippen LogP contribution is 2.38. The number of hydrogen-bond donors (Lipinski definition) is 0. The Morgan fingerprint density at radius 2 is 1.65 bits per heavy atom. The van der Waals surface area contributed by atoms with Gasteiger partial charge in [0.05, 0.1) is 32.4 Å². The second-order valence-corrected chi connectivity index (χ2v) is 8.47. The number of thiophene rings is 1. The Morgan fingerprint density at radius 1 is 0.968 bits per heavy atom. The van der Waals surface area contributed by atoms with Gasteiger partial charge in [0.2, 0.25) is 0 Å². The van der Waals surface area contributed by atoms with Crippen LogP contribution in [-0.2, 0) is 6.18 Å². The molecule has 31 heavy (non-hydrogen) atoms. The summed E-state index contributed by atoms with van der Waals surface area (Å²) in [7, 11) is 0. The lowest BCUT2D eigenvalue weighted by Gasteiger charge is -2.14. The van der Waals surface area contributed by atoms with Crippen molar-refractivity contribution in [1.82, 2.24) is 9.78 Å². The number of carbonyl (C=O) groups is 1. The van der Waals surface area contributed by atoms with Gasteiger partial charge in [-0.3, -0.25) is 4.79 Å². The average molecular weight is 440 g/mol. The SMILES string of the molecule is CC(C)C(=O)c1ccc(-c2cc(-c3ccccc3)nn2-c2ccccc2C(F)(F)F)s1. The Balaban J connectivity index is 1.92. The van der Waals surface area contributed by atoms with E-state index in [1.165, 1.54) is 28.2 Å². The maximum atomic E-state index is 13.7. The number of ketones is 1. The van der Waals surface area contributed by atoms with Gasteiger partial charge < -0.3 is 0 Å². The lowest BCUT2D eigenvalue weighted by Crippen LogP contribution is -2.12. The van der Waals surface area contributed by atoms with Crippen LogP contribution in [0, 0.1) is 5.92 Å². The van der Waals surface area contributed by atoms with Crippen molar-refractivity contribution in [1.29, 1.82) is 0 Å². The Hall–Kier alpha value is -3.19. The van der Waals surface area contributed by atoms with E-state index >= 15 is 0 Å². The summed E-state index contributed by atoms with van der Waals surface area (Å²) in [5, 5.41) is 4.53. The summed E-state index contributed by atoms with van der Waals surface area (Å²) in [6, 6.07) is 19.9. The van der Waals surface area contributed by atoms with Gasteiger partial charge in [-0.25, -0.2) is 4.68 Å². The number of carbonyl (C=O) groups excluding carboxylic acids is 1. The number of aromatic nitrogens is 2. The van der Waals surface area contributed by atoms with Crippen molar-refractivity contribution in [2.75, 3.05) is 0 Å². The van der Waals surface area contributed by atoms with E-state index in [1.54, 1.807) is 24.3 Å². The van der Waals surface area contributed by atoms with Crippen LogP contribution in [0.2, 0.25) is 0 Å². The third-order valence-electron chi connectivity index (χ3n) is 4.84. The topological polar surface area (TPSA) is 34.9 Å². The van der Waals surface area contributed by atoms with Crippen molar-refractivity contribution in [3.63, 3.8) is 0 Å². The number of halogens is 3. The van der Waals surface area contributed by atoms with Crippen LogP contribution in [0.15, 0.2) is 72.8 Å². The summed E-state index contributed by atoms with van der Waals surface area (Å²) in [4.78, 5) is 13.6. The Kier molecular flexibility index (Phi) is 5.54. The molecule has 2 heterocycles. The molecule has 2 aromatic heterocycles. The summed E-state index contributed by atoms with van der Waals surface area (Å²) in [5.41, 5.74) is 1.02. The van der Waals surface area contributed by atoms with Gasteiger partial charge in [-0.1, -0.05) is 56.3 Å². The van der Waals surface area contributed by atoms with Crippen molar-refractivity contribution >= 4 is 17.1 Å². The predicted octanol–water partition coefficient (Wildman–Crippen LogP) is 7.13. The zero-order valence-electron chi connectivity index (χ0n) is 16.9. The lowest BCUT2D eigenvalue weighted by atomic mass is 10.1. The molecule has 0 N–H and O–H groups in total. The van der Waals surface area contributed by atoms with Gasteiger partial charge in [0.15, 0.2) is 5.78 Å². The summed E-state index contributed by atoms with van der Waals surface area (Å²) in [6.45, 7) is 3.64. The Labute approximate surface area is 181 Å². The van der Waals surface area contributed by atoms with E-state index in [9.17, 15) is 18.0 Å². The molecule has 0 unspecified atom stereocenters. The molecular formula is C24H19F3N2OS. The van der Waals surface area contributed by atoms with Crippen molar-refractivity contribution in [3.05, 3.63) is 83.2 Å². The molecule has 0 atom stereocenters. The fourth-order valence-electron chi connectivity index (χ4n) is 3.28. The van der Waals surface area contributed by atoms with Crippen LogP contribution in [0.25, 0.3) is 27.5 Å². The number of Topliss-reactive ketones (excluding diaryl/α,β-unsaturated/α-hetero) is 1. The van der Waals surface area contributed by atoms with Crippen molar-refractivity contribution in [2.24, 2.45) is 5.92 Å². The highest BCUT2D eigenvalue weighted by atomic mass is 32.1. The second kappa shape index (κ2) is 8.15. The molecule has 0 saturated carbocycles. The molecule has 0 aliphatic rings. The molecule has 0 aliphatic carbocycles. The fraction of sp³-hybridized carbons (Fsp3) is 0.167. The van der Waals surface area contributed by atoms with Crippen molar-refractivity contribution < 1.29 is 18.0 Å². The molecule has 0 spiro atoms. The average Bonchev–Trinajstić information content (AvgIpc) is 3.40. The van der Waals surface area contributed by atoms with E-state index in [0.717, 1.165) is 11.6 Å². The van der Waals surface area contributed by atoms with Gasteiger partial charge in [-0.05, 0) is 30.3 Å². The van der Waals surface area contributed by atoms with Crippen LogP contribution in [0.4, 0.5) is 13.2 Å². The molecule has 158 valence electrons. The molecule has 0 aliphatic heterocycles. The molecule has 4 rings (SSSR count). The first-order chi connectivity index (χ1) is 14.8. The van der Waals surface area contributed by atoms with Gasteiger partial charge in [-0.2, -0.15) is 18.3 Å². The zero-order valence-corrected chi connectivity index (χ0v) is 17.7. The van der Waals surface area contributed by atoms with Gasteiger partial charge in [0.25, 0.3) is 0 Å². The minimum Gasteiger partial charge on any atom is -0.293 e. The minimum atomic E-state index is -4.53. The van der Waals surface area contributed by atoms with E-state index < -0.39 is 11.7 Å². The monoisotopic (exact) mass is 440 g/mol. The summed E-state index contributed by atoms with van der Waals surface area (Å²) in [5.74, 6) is -0.163. The minimum absolute atomic E-state index is 0.00119. The standard InChI is InChI=1S/C24H19F3N2OS/c1-15(2)23(30)22-13-12-21(31-22)20-14-18(16-8-4-3-5-9-16)28-29(20)19-11-7-6-10-17(19)24(25,26)27/h3-15H,1-2H3. The summed E-state index contributed by atoms with van der Waals surface area (Å²) >= 11 is 1.26. The molecule has 4 aromatic rings. The summed E-state index contributed by atoms with van der Waals surface area (Å²) < 4.78 is 42.5. The quantitative estimate of drug-likeness (QED) is 0.310. The number of rotatable bonds is 5. The zero-order chi connectivity index (χ0) is 22.2. The molecule has 7 heteroatoms. The van der Waals surface area contributed by atoms with E-state index in [4.69, 9.17) is 0 Å². The maximum absolute atomic E-state index is 13.7. The predicted molar refractivity (Wildman–Crippen MR) is 116 cm³/mol. The normalized spacial score (nSPS) is 11.8. The third kappa shape index (κ3) is 4.18. The molecule has 0 saturated heterocycles. The maximum Gasteiger partial charge on any atom is 0.418 e. The van der Waals surface area contributed by atoms with Crippen LogP contribution in [0.5, 0.6) is 0 Å².